The van der Waals surface area contributed by atoms with Crippen LogP contribution in [0.1, 0.15) is 17.3 Å². The highest BCUT2D eigenvalue weighted by Crippen LogP contribution is 2.23. The van der Waals surface area contributed by atoms with Gasteiger partial charge in [0.05, 0.1) is 12.3 Å². The molecule has 0 aliphatic carbocycles. The lowest BCUT2D eigenvalue weighted by atomic mass is 10.2. The van der Waals surface area contributed by atoms with Crippen molar-refractivity contribution in [1.82, 2.24) is 0 Å². The van der Waals surface area contributed by atoms with Crippen molar-refractivity contribution in [1.29, 1.82) is 0 Å². The Hall–Kier alpha value is -1.22. The minimum Gasteiger partial charge on any atom is -0.492 e. The molecular weight excluding hydrogens is 190 g/mol. The molecule has 0 radical (unpaired) electrons. The number of anilines is 1. The van der Waals surface area contributed by atoms with E-state index >= 15 is 0 Å². The summed E-state index contributed by atoms with van der Waals surface area (Å²) >= 11 is 5.29. The molecule has 1 aromatic carbocycles. The number of hydrogen-bond acceptors (Lipinski definition) is 3. The first-order valence-electron chi connectivity index (χ1n) is 3.87. The van der Waals surface area contributed by atoms with Crippen LogP contribution in [0.2, 0.25) is 0 Å². The quantitative estimate of drug-likeness (QED) is 0.599. The summed E-state index contributed by atoms with van der Waals surface area (Å²) in [6, 6.07) is 4.70. The summed E-state index contributed by atoms with van der Waals surface area (Å²) in [5.41, 5.74) is 6.49. The van der Waals surface area contributed by atoms with Crippen molar-refractivity contribution in [2.45, 2.75) is 6.92 Å². The van der Waals surface area contributed by atoms with Crippen LogP contribution in [0, 0.1) is 0 Å². The molecule has 0 aliphatic rings. The van der Waals surface area contributed by atoms with Crippen molar-refractivity contribution in [2.75, 3.05) is 12.3 Å². The van der Waals surface area contributed by atoms with Gasteiger partial charge in [0.2, 0.25) is 0 Å². The summed E-state index contributed by atoms with van der Waals surface area (Å²) in [5.74, 6) is 0.494. The molecule has 0 unspecified atom stereocenters. The van der Waals surface area contributed by atoms with E-state index in [0.717, 1.165) is 0 Å². The van der Waals surface area contributed by atoms with E-state index in [9.17, 15) is 4.79 Å². The van der Waals surface area contributed by atoms with Gasteiger partial charge in [-0.3, -0.25) is 4.79 Å². The molecule has 0 saturated carbocycles. The second-order valence-electron chi connectivity index (χ2n) is 2.46. The number of halogens is 1. The van der Waals surface area contributed by atoms with Gasteiger partial charge in [-0.15, -0.1) is 0 Å². The van der Waals surface area contributed by atoms with E-state index in [2.05, 4.69) is 0 Å². The number of nitrogens with two attached hydrogens (primary N) is 1. The van der Waals surface area contributed by atoms with Crippen molar-refractivity contribution >= 4 is 22.5 Å². The number of benzene rings is 1. The Morgan fingerprint density at radius 3 is 2.85 bits per heavy atom. The molecule has 1 rings (SSSR count). The van der Waals surface area contributed by atoms with Crippen LogP contribution in [0.5, 0.6) is 5.75 Å². The van der Waals surface area contributed by atoms with Gasteiger partial charge in [0.1, 0.15) is 5.75 Å². The van der Waals surface area contributed by atoms with Gasteiger partial charge in [-0.25, -0.2) is 0 Å². The Bertz CT molecular complexity index is 325. The normalized spacial score (nSPS) is 9.69. The summed E-state index contributed by atoms with van der Waals surface area (Å²) in [4.78, 5) is 10.8. The van der Waals surface area contributed by atoms with Crippen LogP contribution in [0.4, 0.5) is 5.69 Å². The predicted molar refractivity (Wildman–Crippen MR) is 52.2 cm³/mol. The van der Waals surface area contributed by atoms with Crippen LogP contribution in [-0.2, 0) is 0 Å². The molecule has 0 atom stereocenters. The summed E-state index contributed by atoms with van der Waals surface area (Å²) in [6.45, 7) is 2.35. The maximum absolute atomic E-state index is 10.8. The molecular formula is C9H10ClNO2. The van der Waals surface area contributed by atoms with Gasteiger partial charge in [0, 0.05) is 5.56 Å². The van der Waals surface area contributed by atoms with Crippen LogP contribution >= 0.6 is 11.6 Å². The number of carbonyl (C=O) groups excluding carboxylic acids is 1. The van der Waals surface area contributed by atoms with Crippen molar-refractivity contribution in [3.63, 3.8) is 0 Å². The Morgan fingerprint density at radius 2 is 2.31 bits per heavy atom. The molecule has 4 heteroatoms. The maximum Gasteiger partial charge on any atom is 0.252 e. The van der Waals surface area contributed by atoms with Crippen molar-refractivity contribution in [3.05, 3.63) is 23.8 Å². The first-order chi connectivity index (χ1) is 6.15. The Morgan fingerprint density at radius 1 is 1.62 bits per heavy atom. The predicted octanol–water partition coefficient (Wildman–Crippen LogP) is 2.05. The van der Waals surface area contributed by atoms with E-state index in [1.165, 1.54) is 6.07 Å². The van der Waals surface area contributed by atoms with Crippen molar-refractivity contribution < 1.29 is 9.53 Å². The largest absolute Gasteiger partial charge is 0.492 e. The van der Waals surface area contributed by atoms with E-state index in [1.54, 1.807) is 12.1 Å². The third-order valence-electron chi connectivity index (χ3n) is 1.54. The minimum atomic E-state index is -0.513. The molecule has 0 heterocycles. The molecule has 3 nitrogen and oxygen atoms in total. The minimum absolute atomic E-state index is 0.388. The Balaban J connectivity index is 3.03. The highest BCUT2D eigenvalue weighted by Gasteiger charge is 2.05. The molecule has 70 valence electrons. The second-order valence-corrected chi connectivity index (χ2v) is 2.80. The highest BCUT2D eigenvalue weighted by molar-refractivity contribution is 6.67. The first kappa shape index (κ1) is 9.86. The lowest BCUT2D eigenvalue weighted by molar-refractivity contribution is 0.108. The Kier molecular flexibility index (Phi) is 3.14. The topological polar surface area (TPSA) is 52.3 Å². The zero-order valence-corrected chi connectivity index (χ0v) is 7.97. The highest BCUT2D eigenvalue weighted by atomic mass is 35.5. The van der Waals surface area contributed by atoms with Gasteiger partial charge >= 0.3 is 0 Å². The molecule has 1 aromatic rings. The lowest BCUT2D eigenvalue weighted by Crippen LogP contribution is -1.99. The fraction of sp³-hybridized carbons (Fsp3) is 0.222. The van der Waals surface area contributed by atoms with Crippen molar-refractivity contribution in [3.8, 4) is 5.75 Å². The van der Waals surface area contributed by atoms with Crippen molar-refractivity contribution in [2.24, 2.45) is 0 Å². The average Bonchev–Trinajstić information content (AvgIpc) is 2.08. The Labute approximate surface area is 81.4 Å². The van der Waals surface area contributed by atoms with Crippen LogP contribution in [0.15, 0.2) is 18.2 Å². The van der Waals surface area contributed by atoms with Gasteiger partial charge in [0.15, 0.2) is 0 Å². The van der Waals surface area contributed by atoms with Crippen LogP contribution in [-0.4, -0.2) is 11.8 Å². The summed E-state index contributed by atoms with van der Waals surface area (Å²) in [7, 11) is 0. The zero-order chi connectivity index (χ0) is 9.84. The fourth-order valence-electron chi connectivity index (χ4n) is 0.937. The van der Waals surface area contributed by atoms with E-state index in [4.69, 9.17) is 22.1 Å². The van der Waals surface area contributed by atoms with Gasteiger partial charge in [-0.05, 0) is 36.7 Å². The molecule has 13 heavy (non-hydrogen) atoms. The third kappa shape index (κ3) is 2.36. The van der Waals surface area contributed by atoms with Crippen LogP contribution < -0.4 is 10.5 Å². The third-order valence-corrected chi connectivity index (χ3v) is 1.76. The zero-order valence-electron chi connectivity index (χ0n) is 7.21. The number of hydrogen-bond donors (Lipinski definition) is 1. The second kappa shape index (κ2) is 4.14. The standard InChI is InChI=1S/C9H10ClNO2/c1-2-13-8-5-6(9(10)12)3-4-7(8)11/h3-5H,2,11H2,1H3. The van der Waals surface area contributed by atoms with Gasteiger partial charge in [0.25, 0.3) is 5.24 Å². The fourth-order valence-corrected chi connectivity index (χ4v) is 1.05. The van der Waals surface area contributed by atoms with Gasteiger partial charge < -0.3 is 10.5 Å². The van der Waals surface area contributed by atoms with E-state index in [0.29, 0.717) is 23.6 Å². The number of nitrogen functional groups attached to an aromatic ring is 1. The smallest absolute Gasteiger partial charge is 0.252 e. The lowest BCUT2D eigenvalue weighted by Gasteiger charge is -2.06. The van der Waals surface area contributed by atoms with E-state index in [1.807, 2.05) is 6.92 Å². The first-order valence-corrected chi connectivity index (χ1v) is 4.25. The summed E-state index contributed by atoms with van der Waals surface area (Å²) in [5, 5.41) is -0.513. The molecule has 0 saturated heterocycles. The SMILES string of the molecule is CCOc1cc(C(=O)Cl)ccc1N. The molecule has 0 spiro atoms. The number of carbonyl (C=O) groups is 1. The number of ether oxygens (including phenoxy) is 1. The van der Waals surface area contributed by atoms with Gasteiger partial charge in [-0.1, -0.05) is 0 Å². The van der Waals surface area contributed by atoms with Crippen LogP contribution in [0.25, 0.3) is 0 Å². The van der Waals surface area contributed by atoms with E-state index in [-0.39, 0.29) is 0 Å². The monoisotopic (exact) mass is 199 g/mol. The number of rotatable bonds is 3. The molecule has 0 bridgehead atoms. The summed E-state index contributed by atoms with van der Waals surface area (Å²) < 4.78 is 5.19. The summed E-state index contributed by atoms with van der Waals surface area (Å²) in [6.07, 6.45) is 0. The molecule has 0 amide bonds. The average molecular weight is 200 g/mol. The van der Waals surface area contributed by atoms with Crippen LogP contribution in [0.3, 0.4) is 0 Å². The molecule has 2 N–H and O–H groups in total. The molecule has 0 fully saturated rings. The maximum atomic E-state index is 10.8. The molecule has 0 aliphatic heterocycles. The molecule has 0 aromatic heterocycles. The van der Waals surface area contributed by atoms with E-state index < -0.39 is 5.24 Å². The van der Waals surface area contributed by atoms with Gasteiger partial charge in [-0.2, -0.15) is 0 Å².